The van der Waals surface area contributed by atoms with Gasteiger partial charge in [0, 0.05) is 18.0 Å². The van der Waals surface area contributed by atoms with Gasteiger partial charge < -0.3 is 19.9 Å². The molecule has 9 heteroatoms. The molecule has 8 nitrogen and oxygen atoms in total. The van der Waals surface area contributed by atoms with Gasteiger partial charge in [0.2, 0.25) is 0 Å². The summed E-state index contributed by atoms with van der Waals surface area (Å²) in [5, 5.41) is 11.5. The van der Waals surface area contributed by atoms with Gasteiger partial charge in [0.25, 0.3) is 5.91 Å². The molecule has 3 rings (SSSR count). The normalized spacial score (nSPS) is 11.6. The summed E-state index contributed by atoms with van der Waals surface area (Å²) < 4.78 is 10.0. The minimum absolute atomic E-state index is 0.146. The average Bonchev–Trinajstić information content (AvgIpc) is 3.30. The average molecular weight is 386 g/mol. The van der Waals surface area contributed by atoms with Gasteiger partial charge in [-0.1, -0.05) is 35.5 Å². The van der Waals surface area contributed by atoms with E-state index in [4.69, 9.17) is 9.26 Å². The summed E-state index contributed by atoms with van der Waals surface area (Å²) in [5.41, 5.74) is 1.25. The molecule has 1 unspecified atom stereocenters. The van der Waals surface area contributed by atoms with Crippen LogP contribution in [0.2, 0.25) is 0 Å². The van der Waals surface area contributed by atoms with E-state index in [2.05, 4.69) is 20.8 Å². The Labute approximate surface area is 159 Å². The number of nitrogens with zero attached hydrogens (tertiary/aromatic N) is 2. The summed E-state index contributed by atoms with van der Waals surface area (Å²) in [6, 6.07) is 11.4. The Hall–Kier alpha value is -3.20. The van der Waals surface area contributed by atoms with E-state index in [1.54, 1.807) is 18.4 Å². The first kappa shape index (κ1) is 18.6. The highest BCUT2D eigenvalue weighted by Crippen LogP contribution is 2.18. The lowest BCUT2D eigenvalue weighted by Crippen LogP contribution is -2.30. The van der Waals surface area contributed by atoms with E-state index in [9.17, 15) is 9.59 Å². The van der Waals surface area contributed by atoms with Crippen LogP contribution < -0.4 is 10.6 Å². The van der Waals surface area contributed by atoms with Crippen molar-refractivity contribution in [2.75, 3.05) is 10.6 Å². The molecule has 0 saturated heterocycles. The van der Waals surface area contributed by atoms with Crippen molar-refractivity contribution >= 4 is 34.2 Å². The molecule has 0 aliphatic heterocycles. The summed E-state index contributed by atoms with van der Waals surface area (Å²) >= 11 is 1.29. The number of nitrogens with one attached hydrogen (secondary N) is 2. The lowest BCUT2D eigenvalue weighted by Gasteiger charge is -2.11. The molecular weight excluding hydrogens is 368 g/mol. The fraction of sp³-hybridized carbons (Fsp3) is 0.222. The van der Waals surface area contributed by atoms with Gasteiger partial charge in [0.1, 0.15) is 5.76 Å². The van der Waals surface area contributed by atoms with Gasteiger partial charge in [-0.25, -0.2) is 9.78 Å². The third-order valence-corrected chi connectivity index (χ3v) is 4.33. The van der Waals surface area contributed by atoms with Gasteiger partial charge in [-0.2, -0.15) is 0 Å². The Bertz CT molecular complexity index is 922. The minimum Gasteiger partial charge on any atom is -0.448 e. The lowest BCUT2D eigenvalue weighted by molar-refractivity contribution is -0.123. The Morgan fingerprint density at radius 2 is 2.07 bits per heavy atom. The molecule has 0 aliphatic carbocycles. The molecule has 0 aliphatic rings. The van der Waals surface area contributed by atoms with Crippen molar-refractivity contribution in [3.63, 3.8) is 0 Å². The fourth-order valence-electron chi connectivity index (χ4n) is 2.15. The van der Waals surface area contributed by atoms with Crippen LogP contribution in [0.25, 0.3) is 0 Å². The Kier molecular flexibility index (Phi) is 5.82. The number of hydrogen-bond acceptors (Lipinski definition) is 8. The van der Waals surface area contributed by atoms with Crippen LogP contribution in [-0.2, 0) is 16.1 Å². The number of amides is 1. The van der Waals surface area contributed by atoms with E-state index in [1.807, 2.05) is 30.3 Å². The topological polar surface area (TPSA) is 106 Å². The maximum atomic E-state index is 12.2. The number of carbonyl (C=O) groups is 2. The molecule has 1 atom stereocenters. The Morgan fingerprint density at radius 3 is 2.78 bits per heavy atom. The van der Waals surface area contributed by atoms with Crippen molar-refractivity contribution in [3.05, 3.63) is 58.8 Å². The largest absolute Gasteiger partial charge is 0.448 e. The van der Waals surface area contributed by atoms with E-state index in [-0.39, 0.29) is 11.5 Å². The third kappa shape index (κ3) is 5.14. The van der Waals surface area contributed by atoms with Crippen LogP contribution in [-0.4, -0.2) is 28.1 Å². The first-order chi connectivity index (χ1) is 13.0. The molecule has 3 aromatic rings. The highest BCUT2D eigenvalue weighted by atomic mass is 32.1. The van der Waals surface area contributed by atoms with Crippen LogP contribution in [0.15, 0.2) is 46.3 Å². The zero-order valence-electron chi connectivity index (χ0n) is 14.8. The molecule has 140 valence electrons. The molecular formula is C18H18N4O4S. The number of hydrogen-bond donors (Lipinski definition) is 2. The van der Waals surface area contributed by atoms with Crippen molar-refractivity contribution in [2.24, 2.45) is 0 Å². The molecule has 2 heterocycles. The van der Waals surface area contributed by atoms with Crippen LogP contribution in [0.1, 0.15) is 28.7 Å². The van der Waals surface area contributed by atoms with Gasteiger partial charge in [-0.15, -0.1) is 11.3 Å². The number of carbonyl (C=O) groups excluding carboxylic acids is 2. The molecule has 2 N–H and O–H groups in total. The molecule has 1 amide bonds. The van der Waals surface area contributed by atoms with E-state index in [0.717, 1.165) is 5.56 Å². The number of rotatable bonds is 7. The van der Waals surface area contributed by atoms with Gasteiger partial charge >= 0.3 is 5.97 Å². The van der Waals surface area contributed by atoms with Crippen molar-refractivity contribution < 1.29 is 18.8 Å². The third-order valence-electron chi connectivity index (χ3n) is 3.53. The number of aryl methyl sites for hydroxylation is 1. The standard InChI is InChI=1S/C18H18N4O4S/c1-11-8-15(22-26-11)21-16(23)12(2)25-17(24)14-10-27-18(20-14)19-9-13-6-4-3-5-7-13/h3-8,10,12H,9H2,1-2H3,(H,19,20)(H,21,22,23). The summed E-state index contributed by atoms with van der Waals surface area (Å²) in [6.07, 6.45) is -1.00. The number of thiazole rings is 1. The van der Waals surface area contributed by atoms with E-state index < -0.39 is 18.0 Å². The van der Waals surface area contributed by atoms with Crippen molar-refractivity contribution in [2.45, 2.75) is 26.5 Å². The number of aromatic nitrogens is 2. The molecule has 1 aromatic carbocycles. The second kappa shape index (κ2) is 8.45. The maximum absolute atomic E-state index is 12.2. The van der Waals surface area contributed by atoms with Crippen LogP contribution in [0.4, 0.5) is 10.9 Å². The van der Waals surface area contributed by atoms with E-state index in [0.29, 0.717) is 17.4 Å². The van der Waals surface area contributed by atoms with Gasteiger partial charge in [-0.3, -0.25) is 4.79 Å². The van der Waals surface area contributed by atoms with Crippen molar-refractivity contribution in [1.29, 1.82) is 0 Å². The quantitative estimate of drug-likeness (QED) is 0.600. The highest BCUT2D eigenvalue weighted by molar-refractivity contribution is 7.13. The van der Waals surface area contributed by atoms with Crippen molar-refractivity contribution in [3.8, 4) is 0 Å². The molecule has 0 saturated carbocycles. The highest BCUT2D eigenvalue weighted by Gasteiger charge is 2.21. The first-order valence-corrected chi connectivity index (χ1v) is 9.07. The van der Waals surface area contributed by atoms with E-state index >= 15 is 0 Å². The van der Waals surface area contributed by atoms with Crippen LogP contribution in [0.5, 0.6) is 0 Å². The molecule has 0 radical (unpaired) electrons. The zero-order chi connectivity index (χ0) is 19.2. The second-order valence-electron chi connectivity index (χ2n) is 5.74. The minimum atomic E-state index is -1.00. The molecule has 0 fully saturated rings. The molecule has 27 heavy (non-hydrogen) atoms. The predicted octanol–water partition coefficient (Wildman–Crippen LogP) is 3.24. The summed E-state index contributed by atoms with van der Waals surface area (Å²) in [4.78, 5) is 28.4. The number of ether oxygens (including phenoxy) is 1. The van der Waals surface area contributed by atoms with Crippen LogP contribution in [0.3, 0.4) is 0 Å². The second-order valence-corrected chi connectivity index (χ2v) is 6.59. The van der Waals surface area contributed by atoms with E-state index in [1.165, 1.54) is 18.3 Å². The van der Waals surface area contributed by atoms with Crippen LogP contribution >= 0.6 is 11.3 Å². The van der Waals surface area contributed by atoms with Gasteiger partial charge in [0.05, 0.1) is 0 Å². The molecule has 0 bridgehead atoms. The lowest BCUT2D eigenvalue weighted by atomic mass is 10.2. The first-order valence-electron chi connectivity index (χ1n) is 8.20. The van der Waals surface area contributed by atoms with Crippen LogP contribution in [0, 0.1) is 6.92 Å². The monoisotopic (exact) mass is 386 g/mol. The fourth-order valence-corrected chi connectivity index (χ4v) is 2.83. The Morgan fingerprint density at radius 1 is 1.30 bits per heavy atom. The number of esters is 1. The SMILES string of the molecule is Cc1cc(NC(=O)C(C)OC(=O)c2csc(NCc3ccccc3)n2)no1. The zero-order valence-corrected chi connectivity index (χ0v) is 15.6. The summed E-state index contributed by atoms with van der Waals surface area (Å²) in [7, 11) is 0. The van der Waals surface area contributed by atoms with Crippen molar-refractivity contribution in [1.82, 2.24) is 10.1 Å². The molecule has 0 spiro atoms. The number of benzene rings is 1. The summed E-state index contributed by atoms with van der Waals surface area (Å²) in [6.45, 7) is 3.78. The summed E-state index contributed by atoms with van der Waals surface area (Å²) in [5.74, 6) is -0.346. The van der Waals surface area contributed by atoms with Gasteiger partial charge in [0.15, 0.2) is 22.7 Å². The Balaban J connectivity index is 1.51. The predicted molar refractivity (Wildman–Crippen MR) is 101 cm³/mol. The number of anilines is 2. The smallest absolute Gasteiger partial charge is 0.358 e. The maximum Gasteiger partial charge on any atom is 0.358 e. The molecule has 2 aromatic heterocycles. The van der Waals surface area contributed by atoms with Gasteiger partial charge in [-0.05, 0) is 19.4 Å².